The third-order valence-corrected chi connectivity index (χ3v) is 4.72. The van der Waals surface area contributed by atoms with Crippen molar-refractivity contribution in [3.63, 3.8) is 0 Å². The fourth-order valence-corrected chi connectivity index (χ4v) is 2.85. The summed E-state index contributed by atoms with van der Waals surface area (Å²) in [5.41, 5.74) is 4.97. The zero-order chi connectivity index (χ0) is 16.4. The number of carbonyl (C=O) groups excluding carboxylic acids is 1. The van der Waals surface area contributed by atoms with Gasteiger partial charge in [-0.15, -0.1) is 0 Å². The summed E-state index contributed by atoms with van der Waals surface area (Å²) in [5, 5.41) is 0.978. The quantitative estimate of drug-likeness (QED) is 0.598. The molecule has 118 valence electrons. The number of halogens is 1. The largest absolute Gasteiger partial charge is 0.464 e. The molecular formula is C19H17BrO3. The number of rotatable bonds is 4. The predicted octanol–water partition coefficient (Wildman–Crippen LogP) is 5.10. The van der Waals surface area contributed by atoms with Crippen molar-refractivity contribution in [2.24, 2.45) is 0 Å². The standard InChI is InChI=1S/C19H17BrO3/c1-12-7-16-15(11-22-18(16)8-13(12)2)9-19(21)23-10-14-5-3-4-6-17(14)20/h3-8,11H,9-10H2,1-2H3. The molecular weight excluding hydrogens is 356 g/mol. The first kappa shape index (κ1) is 15.8. The lowest BCUT2D eigenvalue weighted by atomic mass is 10.0. The van der Waals surface area contributed by atoms with Gasteiger partial charge in [0, 0.05) is 21.0 Å². The smallest absolute Gasteiger partial charge is 0.310 e. The van der Waals surface area contributed by atoms with Crippen molar-refractivity contribution < 1.29 is 13.9 Å². The van der Waals surface area contributed by atoms with E-state index < -0.39 is 0 Å². The molecule has 0 aliphatic rings. The molecule has 2 aromatic carbocycles. The van der Waals surface area contributed by atoms with Crippen LogP contribution < -0.4 is 0 Å². The maximum absolute atomic E-state index is 12.1. The molecule has 1 aromatic heterocycles. The molecule has 0 saturated carbocycles. The molecule has 0 atom stereocenters. The average molecular weight is 373 g/mol. The molecule has 0 aliphatic heterocycles. The Morgan fingerprint density at radius 1 is 1.13 bits per heavy atom. The Labute approximate surface area is 143 Å². The van der Waals surface area contributed by atoms with Crippen LogP contribution in [0.5, 0.6) is 0 Å². The van der Waals surface area contributed by atoms with E-state index in [1.807, 2.05) is 37.3 Å². The second-order valence-electron chi connectivity index (χ2n) is 5.62. The third-order valence-electron chi connectivity index (χ3n) is 3.95. The zero-order valence-electron chi connectivity index (χ0n) is 13.1. The maximum atomic E-state index is 12.1. The van der Waals surface area contributed by atoms with E-state index in [1.165, 1.54) is 11.1 Å². The summed E-state index contributed by atoms with van der Waals surface area (Å²) >= 11 is 3.45. The Hall–Kier alpha value is -2.07. The number of hydrogen-bond acceptors (Lipinski definition) is 3. The Morgan fingerprint density at radius 2 is 1.87 bits per heavy atom. The number of fused-ring (bicyclic) bond motifs is 1. The molecule has 3 aromatic rings. The first-order chi connectivity index (χ1) is 11.0. The summed E-state index contributed by atoms with van der Waals surface area (Å²) in [7, 11) is 0. The minimum atomic E-state index is -0.262. The Kier molecular flexibility index (Phi) is 4.53. The van der Waals surface area contributed by atoms with Crippen LogP contribution in [0.15, 0.2) is 51.6 Å². The van der Waals surface area contributed by atoms with Gasteiger partial charge in [0.15, 0.2) is 0 Å². The van der Waals surface area contributed by atoms with Crippen molar-refractivity contribution in [2.75, 3.05) is 0 Å². The Bertz CT molecular complexity index is 864. The highest BCUT2D eigenvalue weighted by Gasteiger charge is 2.13. The summed E-state index contributed by atoms with van der Waals surface area (Å²) in [6.07, 6.45) is 1.85. The van der Waals surface area contributed by atoms with Gasteiger partial charge < -0.3 is 9.15 Å². The maximum Gasteiger partial charge on any atom is 0.310 e. The van der Waals surface area contributed by atoms with E-state index in [1.54, 1.807) is 6.26 Å². The Morgan fingerprint density at radius 3 is 2.65 bits per heavy atom. The van der Waals surface area contributed by atoms with Crippen molar-refractivity contribution >= 4 is 32.9 Å². The van der Waals surface area contributed by atoms with Crippen LogP contribution in [0.2, 0.25) is 0 Å². The highest BCUT2D eigenvalue weighted by Crippen LogP contribution is 2.25. The summed E-state index contributed by atoms with van der Waals surface area (Å²) < 4.78 is 11.9. The van der Waals surface area contributed by atoms with Crippen LogP contribution in [0.25, 0.3) is 11.0 Å². The second-order valence-corrected chi connectivity index (χ2v) is 6.48. The molecule has 0 amide bonds. The van der Waals surface area contributed by atoms with Crippen LogP contribution in [0.4, 0.5) is 0 Å². The molecule has 23 heavy (non-hydrogen) atoms. The highest BCUT2D eigenvalue weighted by atomic mass is 79.9. The van der Waals surface area contributed by atoms with Crippen molar-refractivity contribution in [1.29, 1.82) is 0 Å². The summed E-state index contributed by atoms with van der Waals surface area (Å²) in [6, 6.07) is 11.8. The number of benzene rings is 2. The van der Waals surface area contributed by atoms with Crippen LogP contribution >= 0.6 is 15.9 Å². The lowest BCUT2D eigenvalue weighted by Gasteiger charge is -2.06. The van der Waals surface area contributed by atoms with E-state index >= 15 is 0 Å². The van der Waals surface area contributed by atoms with E-state index in [2.05, 4.69) is 28.9 Å². The van der Waals surface area contributed by atoms with Crippen LogP contribution in [-0.4, -0.2) is 5.97 Å². The molecule has 3 rings (SSSR count). The lowest BCUT2D eigenvalue weighted by molar-refractivity contribution is -0.144. The van der Waals surface area contributed by atoms with Gasteiger partial charge in [-0.25, -0.2) is 0 Å². The highest BCUT2D eigenvalue weighted by molar-refractivity contribution is 9.10. The van der Waals surface area contributed by atoms with Crippen LogP contribution in [0, 0.1) is 13.8 Å². The van der Waals surface area contributed by atoms with E-state index in [4.69, 9.17) is 9.15 Å². The molecule has 0 spiro atoms. The molecule has 0 unspecified atom stereocenters. The minimum Gasteiger partial charge on any atom is -0.464 e. The number of ether oxygens (including phenoxy) is 1. The number of esters is 1. The number of furan rings is 1. The van der Waals surface area contributed by atoms with Crippen molar-refractivity contribution in [1.82, 2.24) is 0 Å². The van der Waals surface area contributed by atoms with Gasteiger partial charge >= 0.3 is 5.97 Å². The molecule has 0 bridgehead atoms. The molecule has 0 N–H and O–H groups in total. The number of aryl methyl sites for hydroxylation is 2. The third kappa shape index (κ3) is 3.48. The molecule has 0 radical (unpaired) electrons. The zero-order valence-corrected chi connectivity index (χ0v) is 14.6. The van der Waals surface area contributed by atoms with Crippen LogP contribution in [0.3, 0.4) is 0 Å². The average Bonchev–Trinajstić information content (AvgIpc) is 2.89. The second kappa shape index (κ2) is 6.59. The van der Waals surface area contributed by atoms with E-state index in [0.717, 1.165) is 26.6 Å². The first-order valence-corrected chi connectivity index (χ1v) is 8.20. The molecule has 0 fully saturated rings. The minimum absolute atomic E-state index is 0.208. The van der Waals surface area contributed by atoms with Gasteiger partial charge in [-0.3, -0.25) is 4.79 Å². The normalized spacial score (nSPS) is 10.9. The number of carbonyl (C=O) groups is 1. The molecule has 3 nitrogen and oxygen atoms in total. The van der Waals surface area contributed by atoms with Gasteiger partial charge in [0.25, 0.3) is 0 Å². The van der Waals surface area contributed by atoms with Gasteiger partial charge in [0.2, 0.25) is 0 Å². The first-order valence-electron chi connectivity index (χ1n) is 7.41. The number of hydrogen-bond donors (Lipinski definition) is 0. The van der Waals surface area contributed by atoms with Gasteiger partial charge in [0.1, 0.15) is 12.2 Å². The summed E-state index contributed by atoms with van der Waals surface area (Å²) in [5.74, 6) is -0.262. The summed E-state index contributed by atoms with van der Waals surface area (Å²) in [4.78, 5) is 12.1. The fraction of sp³-hybridized carbons (Fsp3) is 0.211. The molecule has 4 heteroatoms. The van der Waals surface area contributed by atoms with Crippen molar-refractivity contribution in [3.8, 4) is 0 Å². The van der Waals surface area contributed by atoms with Crippen molar-refractivity contribution in [2.45, 2.75) is 26.9 Å². The van der Waals surface area contributed by atoms with Gasteiger partial charge in [0.05, 0.1) is 12.7 Å². The van der Waals surface area contributed by atoms with E-state index in [-0.39, 0.29) is 19.0 Å². The van der Waals surface area contributed by atoms with Crippen LogP contribution in [-0.2, 0) is 22.6 Å². The van der Waals surface area contributed by atoms with Gasteiger partial charge in [-0.05, 0) is 43.2 Å². The van der Waals surface area contributed by atoms with E-state index in [0.29, 0.717) is 0 Å². The monoisotopic (exact) mass is 372 g/mol. The van der Waals surface area contributed by atoms with Gasteiger partial charge in [-0.2, -0.15) is 0 Å². The topological polar surface area (TPSA) is 39.4 Å². The van der Waals surface area contributed by atoms with Crippen molar-refractivity contribution in [3.05, 3.63) is 69.4 Å². The molecule has 0 aliphatic carbocycles. The van der Waals surface area contributed by atoms with Crippen LogP contribution in [0.1, 0.15) is 22.3 Å². The van der Waals surface area contributed by atoms with E-state index in [9.17, 15) is 4.79 Å². The lowest BCUT2D eigenvalue weighted by Crippen LogP contribution is -2.08. The molecule has 0 saturated heterocycles. The Balaban J connectivity index is 1.71. The fourth-order valence-electron chi connectivity index (χ4n) is 2.45. The van der Waals surface area contributed by atoms with Gasteiger partial charge in [-0.1, -0.05) is 34.1 Å². The SMILES string of the molecule is Cc1cc2occ(CC(=O)OCc3ccccc3Br)c2cc1C. The molecule has 1 heterocycles. The predicted molar refractivity (Wildman–Crippen MR) is 93.3 cm³/mol. The summed E-state index contributed by atoms with van der Waals surface area (Å²) in [6.45, 7) is 4.36.